The predicted molar refractivity (Wildman–Crippen MR) is 82.6 cm³/mol. The molecule has 1 atom stereocenters. The Bertz CT molecular complexity index is 337. The molecule has 0 radical (unpaired) electrons. The van der Waals surface area contributed by atoms with E-state index in [1.165, 1.54) is 5.56 Å². The van der Waals surface area contributed by atoms with E-state index < -0.39 is 0 Å². The van der Waals surface area contributed by atoms with Crippen LogP contribution in [0.25, 0.3) is 0 Å². The van der Waals surface area contributed by atoms with Gasteiger partial charge in [0.2, 0.25) is 0 Å². The van der Waals surface area contributed by atoms with Gasteiger partial charge in [-0.1, -0.05) is 37.6 Å². The zero-order valence-electron chi connectivity index (χ0n) is 12.1. The summed E-state index contributed by atoms with van der Waals surface area (Å²) >= 11 is 5.88. The summed E-state index contributed by atoms with van der Waals surface area (Å²) in [6.07, 6.45) is 3.16. The van der Waals surface area contributed by atoms with Gasteiger partial charge in [-0.05, 0) is 55.3 Å². The second-order valence-electron chi connectivity index (χ2n) is 5.52. The SMILES string of the molecule is CC(C)CCOCCC(CN)Cc1ccc(Cl)cc1. The second-order valence-corrected chi connectivity index (χ2v) is 5.95. The maximum absolute atomic E-state index is 5.88. The third-order valence-electron chi connectivity index (χ3n) is 3.28. The van der Waals surface area contributed by atoms with E-state index in [-0.39, 0.29) is 0 Å². The molecule has 0 heterocycles. The highest BCUT2D eigenvalue weighted by atomic mass is 35.5. The van der Waals surface area contributed by atoms with Crippen LogP contribution in [0, 0.1) is 11.8 Å². The third-order valence-corrected chi connectivity index (χ3v) is 3.53. The first-order valence-corrected chi connectivity index (χ1v) is 7.52. The monoisotopic (exact) mass is 283 g/mol. The Balaban J connectivity index is 2.24. The van der Waals surface area contributed by atoms with Gasteiger partial charge in [0.1, 0.15) is 0 Å². The maximum Gasteiger partial charge on any atom is 0.0469 e. The van der Waals surface area contributed by atoms with Crippen LogP contribution in [-0.4, -0.2) is 19.8 Å². The molecule has 0 spiro atoms. The summed E-state index contributed by atoms with van der Waals surface area (Å²) in [5.74, 6) is 1.19. The minimum atomic E-state index is 0.486. The lowest BCUT2D eigenvalue weighted by Crippen LogP contribution is -2.19. The van der Waals surface area contributed by atoms with Gasteiger partial charge < -0.3 is 10.5 Å². The average molecular weight is 284 g/mol. The number of benzene rings is 1. The van der Waals surface area contributed by atoms with Crippen molar-refractivity contribution < 1.29 is 4.74 Å². The van der Waals surface area contributed by atoms with Crippen LogP contribution in [-0.2, 0) is 11.2 Å². The summed E-state index contributed by atoms with van der Waals surface area (Å²) in [6.45, 7) is 6.80. The van der Waals surface area contributed by atoms with Gasteiger partial charge in [-0.3, -0.25) is 0 Å². The summed E-state index contributed by atoms with van der Waals surface area (Å²) < 4.78 is 5.66. The molecule has 108 valence electrons. The summed E-state index contributed by atoms with van der Waals surface area (Å²) in [5.41, 5.74) is 7.13. The van der Waals surface area contributed by atoms with Crippen molar-refractivity contribution in [1.82, 2.24) is 0 Å². The van der Waals surface area contributed by atoms with Crippen molar-refractivity contribution in [3.63, 3.8) is 0 Å². The van der Waals surface area contributed by atoms with Crippen molar-refractivity contribution in [2.24, 2.45) is 17.6 Å². The van der Waals surface area contributed by atoms with Gasteiger partial charge >= 0.3 is 0 Å². The number of hydrogen-bond acceptors (Lipinski definition) is 2. The third kappa shape index (κ3) is 7.56. The molecule has 0 amide bonds. The van der Waals surface area contributed by atoms with Crippen LogP contribution in [0.3, 0.4) is 0 Å². The number of nitrogens with two attached hydrogens (primary N) is 1. The second kappa shape index (κ2) is 9.35. The smallest absolute Gasteiger partial charge is 0.0469 e. The molecule has 1 aromatic carbocycles. The molecule has 19 heavy (non-hydrogen) atoms. The minimum Gasteiger partial charge on any atom is -0.381 e. The van der Waals surface area contributed by atoms with Crippen LogP contribution in [0.2, 0.25) is 5.02 Å². The number of hydrogen-bond donors (Lipinski definition) is 1. The van der Waals surface area contributed by atoms with E-state index in [0.717, 1.165) is 37.5 Å². The molecule has 0 saturated carbocycles. The van der Waals surface area contributed by atoms with E-state index >= 15 is 0 Å². The Hall–Kier alpha value is -0.570. The molecule has 0 aliphatic carbocycles. The number of ether oxygens (including phenoxy) is 1. The van der Waals surface area contributed by atoms with E-state index in [4.69, 9.17) is 22.1 Å². The number of rotatable bonds is 9. The van der Waals surface area contributed by atoms with Gasteiger partial charge in [0.15, 0.2) is 0 Å². The number of halogens is 1. The fraction of sp³-hybridized carbons (Fsp3) is 0.625. The largest absolute Gasteiger partial charge is 0.381 e. The molecule has 1 aromatic rings. The molecule has 0 saturated heterocycles. The highest BCUT2D eigenvalue weighted by molar-refractivity contribution is 6.30. The Morgan fingerprint density at radius 2 is 1.74 bits per heavy atom. The van der Waals surface area contributed by atoms with E-state index in [1.54, 1.807) is 0 Å². The van der Waals surface area contributed by atoms with Gasteiger partial charge in [-0.2, -0.15) is 0 Å². The Morgan fingerprint density at radius 3 is 2.32 bits per heavy atom. The Morgan fingerprint density at radius 1 is 1.11 bits per heavy atom. The van der Waals surface area contributed by atoms with Crippen LogP contribution < -0.4 is 5.73 Å². The molecule has 2 nitrogen and oxygen atoms in total. The molecule has 3 heteroatoms. The molecule has 0 bridgehead atoms. The minimum absolute atomic E-state index is 0.486. The van der Waals surface area contributed by atoms with Gasteiger partial charge in [0.25, 0.3) is 0 Å². The fourth-order valence-corrected chi connectivity index (χ4v) is 2.05. The molecule has 1 unspecified atom stereocenters. The van der Waals surface area contributed by atoms with Gasteiger partial charge in [-0.15, -0.1) is 0 Å². The highest BCUT2D eigenvalue weighted by Gasteiger charge is 2.08. The zero-order valence-corrected chi connectivity index (χ0v) is 12.8. The van der Waals surface area contributed by atoms with Gasteiger partial charge in [0.05, 0.1) is 0 Å². The first-order chi connectivity index (χ1) is 9.11. The average Bonchev–Trinajstić information content (AvgIpc) is 2.39. The molecule has 0 fully saturated rings. The van der Waals surface area contributed by atoms with Crippen molar-refractivity contribution in [1.29, 1.82) is 0 Å². The highest BCUT2D eigenvalue weighted by Crippen LogP contribution is 2.15. The van der Waals surface area contributed by atoms with Crippen LogP contribution in [0.1, 0.15) is 32.3 Å². The first-order valence-electron chi connectivity index (χ1n) is 7.14. The summed E-state index contributed by atoms with van der Waals surface area (Å²) in [6, 6.07) is 8.02. The van der Waals surface area contributed by atoms with E-state index in [9.17, 15) is 0 Å². The molecule has 0 aromatic heterocycles. The van der Waals surface area contributed by atoms with Crippen molar-refractivity contribution in [2.75, 3.05) is 19.8 Å². The quantitative estimate of drug-likeness (QED) is 0.698. The lowest BCUT2D eigenvalue weighted by molar-refractivity contribution is 0.111. The lowest BCUT2D eigenvalue weighted by Gasteiger charge is -2.15. The van der Waals surface area contributed by atoms with Crippen LogP contribution in [0.15, 0.2) is 24.3 Å². The fourth-order valence-electron chi connectivity index (χ4n) is 1.93. The van der Waals surface area contributed by atoms with Crippen LogP contribution in [0.4, 0.5) is 0 Å². The molecular weight excluding hydrogens is 258 g/mol. The van der Waals surface area contributed by atoms with Crippen molar-refractivity contribution in [3.05, 3.63) is 34.9 Å². The molecule has 0 aliphatic heterocycles. The zero-order chi connectivity index (χ0) is 14.1. The molecular formula is C16H26ClNO. The van der Waals surface area contributed by atoms with E-state index in [1.807, 2.05) is 12.1 Å². The predicted octanol–water partition coefficient (Wildman–Crippen LogP) is 3.91. The Labute approximate surface area is 122 Å². The van der Waals surface area contributed by atoms with Crippen molar-refractivity contribution in [3.8, 4) is 0 Å². The normalized spacial score (nSPS) is 12.9. The Kier molecular flexibility index (Phi) is 8.11. The lowest BCUT2D eigenvalue weighted by atomic mass is 9.97. The van der Waals surface area contributed by atoms with Crippen molar-refractivity contribution in [2.45, 2.75) is 33.1 Å². The summed E-state index contributed by atoms with van der Waals surface area (Å²) in [7, 11) is 0. The van der Waals surface area contributed by atoms with Gasteiger partial charge in [0, 0.05) is 18.2 Å². The molecule has 1 rings (SSSR count). The summed E-state index contributed by atoms with van der Waals surface area (Å²) in [4.78, 5) is 0. The van der Waals surface area contributed by atoms with Crippen molar-refractivity contribution >= 4 is 11.6 Å². The summed E-state index contributed by atoms with van der Waals surface area (Å²) in [5, 5.41) is 0.782. The standard InChI is InChI=1S/C16H26ClNO/c1-13(2)7-9-19-10-8-15(12-18)11-14-3-5-16(17)6-4-14/h3-6,13,15H,7-12,18H2,1-2H3. The van der Waals surface area contributed by atoms with E-state index in [2.05, 4.69) is 26.0 Å². The van der Waals surface area contributed by atoms with E-state index in [0.29, 0.717) is 18.4 Å². The van der Waals surface area contributed by atoms with Gasteiger partial charge in [-0.25, -0.2) is 0 Å². The first kappa shape index (κ1) is 16.5. The molecule has 0 aliphatic rings. The molecule has 2 N–H and O–H groups in total. The maximum atomic E-state index is 5.88. The van der Waals surface area contributed by atoms with Crippen LogP contribution >= 0.6 is 11.6 Å². The van der Waals surface area contributed by atoms with Crippen LogP contribution in [0.5, 0.6) is 0 Å². The topological polar surface area (TPSA) is 35.2 Å².